The Morgan fingerprint density at radius 3 is 2.63 bits per heavy atom. The molecule has 27 heavy (non-hydrogen) atoms. The average Bonchev–Trinajstić information content (AvgIpc) is 3.37. The van der Waals surface area contributed by atoms with Gasteiger partial charge in [0.1, 0.15) is 0 Å². The molecule has 1 aromatic carbocycles. The van der Waals surface area contributed by atoms with Gasteiger partial charge in [0.05, 0.1) is 18.1 Å². The van der Waals surface area contributed by atoms with Crippen molar-refractivity contribution in [3.63, 3.8) is 0 Å². The van der Waals surface area contributed by atoms with Gasteiger partial charge >= 0.3 is 0 Å². The summed E-state index contributed by atoms with van der Waals surface area (Å²) in [4.78, 5) is 19.6. The molecule has 1 amide bonds. The summed E-state index contributed by atoms with van der Waals surface area (Å²) in [7, 11) is 0. The fourth-order valence-electron chi connectivity index (χ4n) is 3.92. The molecular formula is C21H25N3O2S. The SMILES string of the molecule is O=C(NCc1ccc(N2CCOCC2)cc1)c1cc2c(s1)CN(C1CC1)C2. The Hall–Kier alpha value is -1.89. The van der Waals surface area contributed by atoms with E-state index < -0.39 is 0 Å². The number of thiophene rings is 1. The van der Waals surface area contributed by atoms with Crippen LogP contribution in [-0.4, -0.2) is 43.2 Å². The number of carbonyl (C=O) groups is 1. The van der Waals surface area contributed by atoms with E-state index in [4.69, 9.17) is 4.74 Å². The van der Waals surface area contributed by atoms with Crippen LogP contribution in [0.5, 0.6) is 0 Å². The standard InChI is InChI=1S/C21H25N3O2S/c25-21(19-11-16-13-24(18-5-6-18)14-20(16)27-19)22-12-15-1-3-17(4-2-15)23-7-9-26-10-8-23/h1-4,11,18H,5-10,12-14H2,(H,22,25). The van der Waals surface area contributed by atoms with Gasteiger partial charge < -0.3 is 15.0 Å². The first-order chi connectivity index (χ1) is 13.3. The summed E-state index contributed by atoms with van der Waals surface area (Å²) < 4.78 is 5.40. The van der Waals surface area contributed by atoms with Gasteiger partial charge in [-0.3, -0.25) is 9.69 Å². The Morgan fingerprint density at radius 2 is 1.93 bits per heavy atom. The first-order valence-electron chi connectivity index (χ1n) is 9.82. The zero-order valence-electron chi connectivity index (χ0n) is 15.4. The molecule has 3 aliphatic rings. The fourth-order valence-corrected chi connectivity index (χ4v) is 5.04. The zero-order valence-corrected chi connectivity index (χ0v) is 16.3. The van der Waals surface area contributed by atoms with Gasteiger partial charge in [-0.05, 0) is 42.2 Å². The summed E-state index contributed by atoms with van der Waals surface area (Å²) >= 11 is 1.66. The number of hydrogen-bond acceptors (Lipinski definition) is 5. The van der Waals surface area contributed by atoms with Crippen molar-refractivity contribution in [2.24, 2.45) is 0 Å². The molecular weight excluding hydrogens is 358 g/mol. The molecule has 0 bridgehead atoms. The Labute approximate surface area is 163 Å². The smallest absolute Gasteiger partial charge is 0.261 e. The average molecular weight is 384 g/mol. The number of nitrogens with zero attached hydrogens (tertiary/aromatic N) is 2. The van der Waals surface area contributed by atoms with Crippen LogP contribution in [0.4, 0.5) is 5.69 Å². The number of fused-ring (bicyclic) bond motifs is 1. The minimum absolute atomic E-state index is 0.0460. The van der Waals surface area contributed by atoms with Crippen LogP contribution >= 0.6 is 11.3 Å². The van der Waals surface area contributed by atoms with Gasteiger partial charge in [-0.25, -0.2) is 0 Å². The van der Waals surface area contributed by atoms with Crippen molar-refractivity contribution in [3.8, 4) is 0 Å². The molecule has 6 heteroatoms. The van der Waals surface area contributed by atoms with E-state index in [0.717, 1.165) is 55.9 Å². The van der Waals surface area contributed by atoms with Gasteiger partial charge in [-0.15, -0.1) is 11.3 Å². The van der Waals surface area contributed by atoms with Crippen LogP contribution < -0.4 is 10.2 Å². The highest BCUT2D eigenvalue weighted by Crippen LogP contribution is 2.38. The van der Waals surface area contributed by atoms with Crippen molar-refractivity contribution in [2.75, 3.05) is 31.2 Å². The van der Waals surface area contributed by atoms with Gasteiger partial charge in [-0.1, -0.05) is 12.1 Å². The predicted octanol–water partition coefficient (Wildman–Crippen LogP) is 2.99. The van der Waals surface area contributed by atoms with E-state index in [2.05, 4.69) is 45.4 Å². The van der Waals surface area contributed by atoms with Crippen LogP contribution in [-0.2, 0) is 24.4 Å². The number of hydrogen-bond donors (Lipinski definition) is 1. The molecule has 1 saturated carbocycles. The van der Waals surface area contributed by atoms with Gasteiger partial charge in [0.25, 0.3) is 5.91 Å². The molecule has 5 nitrogen and oxygen atoms in total. The Kier molecular flexibility index (Phi) is 4.63. The summed E-state index contributed by atoms with van der Waals surface area (Å²) in [6.45, 7) is 6.09. The van der Waals surface area contributed by atoms with Crippen molar-refractivity contribution in [1.82, 2.24) is 10.2 Å². The maximum atomic E-state index is 12.5. The van der Waals surface area contributed by atoms with Crippen molar-refractivity contribution in [3.05, 3.63) is 51.2 Å². The molecule has 0 unspecified atom stereocenters. The van der Waals surface area contributed by atoms with Crippen LogP contribution in [0.1, 0.15) is 38.5 Å². The van der Waals surface area contributed by atoms with Crippen LogP contribution in [0.2, 0.25) is 0 Å². The summed E-state index contributed by atoms with van der Waals surface area (Å²) in [6, 6.07) is 11.4. The van der Waals surface area contributed by atoms with Crippen LogP contribution in [0, 0.1) is 0 Å². The van der Waals surface area contributed by atoms with E-state index in [1.165, 1.54) is 29.0 Å². The number of carbonyl (C=O) groups excluding carboxylic acids is 1. The number of benzene rings is 1. The number of anilines is 1. The maximum Gasteiger partial charge on any atom is 0.261 e. The normalized spacial score (nSPS) is 19.9. The highest BCUT2D eigenvalue weighted by molar-refractivity contribution is 7.14. The lowest BCUT2D eigenvalue weighted by molar-refractivity contribution is 0.0954. The van der Waals surface area contributed by atoms with Gasteiger partial charge in [0.2, 0.25) is 0 Å². The van der Waals surface area contributed by atoms with Crippen molar-refractivity contribution in [1.29, 1.82) is 0 Å². The monoisotopic (exact) mass is 383 g/mol. The van der Waals surface area contributed by atoms with Crippen molar-refractivity contribution in [2.45, 2.75) is 38.5 Å². The number of rotatable bonds is 5. The van der Waals surface area contributed by atoms with Gasteiger partial charge in [0.15, 0.2) is 0 Å². The van der Waals surface area contributed by atoms with E-state index in [1.54, 1.807) is 11.3 Å². The topological polar surface area (TPSA) is 44.8 Å². The third kappa shape index (κ3) is 3.74. The first-order valence-corrected chi connectivity index (χ1v) is 10.6. The molecule has 0 atom stereocenters. The number of ether oxygens (including phenoxy) is 1. The fraction of sp³-hybridized carbons (Fsp3) is 0.476. The minimum Gasteiger partial charge on any atom is -0.378 e. The summed E-state index contributed by atoms with van der Waals surface area (Å²) in [5.74, 6) is 0.0460. The third-order valence-electron chi connectivity index (χ3n) is 5.67. The van der Waals surface area contributed by atoms with E-state index in [1.807, 2.05) is 0 Å². The Bertz CT molecular complexity index is 799. The zero-order chi connectivity index (χ0) is 18.2. The van der Waals surface area contributed by atoms with Crippen LogP contribution in [0.3, 0.4) is 0 Å². The Balaban J connectivity index is 1.16. The van der Waals surface area contributed by atoms with Gasteiger partial charge in [0, 0.05) is 49.3 Å². The minimum atomic E-state index is 0.0460. The highest BCUT2D eigenvalue weighted by Gasteiger charge is 2.34. The lowest BCUT2D eigenvalue weighted by atomic mass is 10.2. The molecule has 2 aliphatic heterocycles. The highest BCUT2D eigenvalue weighted by atomic mass is 32.1. The molecule has 2 fully saturated rings. The molecule has 1 aromatic heterocycles. The number of morpholine rings is 1. The lowest BCUT2D eigenvalue weighted by Crippen LogP contribution is -2.36. The van der Waals surface area contributed by atoms with Crippen molar-refractivity contribution >= 4 is 22.9 Å². The van der Waals surface area contributed by atoms with E-state index >= 15 is 0 Å². The lowest BCUT2D eigenvalue weighted by Gasteiger charge is -2.28. The molecule has 1 N–H and O–H groups in total. The first kappa shape index (κ1) is 17.2. The summed E-state index contributed by atoms with van der Waals surface area (Å²) in [5.41, 5.74) is 3.71. The van der Waals surface area contributed by atoms with Crippen LogP contribution in [0.25, 0.3) is 0 Å². The third-order valence-corrected chi connectivity index (χ3v) is 6.83. The molecule has 2 aromatic rings. The summed E-state index contributed by atoms with van der Waals surface area (Å²) in [5, 5.41) is 3.07. The second kappa shape index (κ2) is 7.26. The van der Waals surface area contributed by atoms with Gasteiger partial charge in [-0.2, -0.15) is 0 Å². The van der Waals surface area contributed by atoms with Crippen molar-refractivity contribution < 1.29 is 9.53 Å². The molecule has 0 radical (unpaired) electrons. The predicted molar refractivity (Wildman–Crippen MR) is 107 cm³/mol. The summed E-state index contributed by atoms with van der Waals surface area (Å²) in [6.07, 6.45) is 2.68. The molecule has 142 valence electrons. The largest absolute Gasteiger partial charge is 0.378 e. The van der Waals surface area contributed by atoms with E-state index in [-0.39, 0.29) is 5.91 Å². The number of amides is 1. The van der Waals surface area contributed by atoms with E-state index in [9.17, 15) is 4.79 Å². The molecule has 1 aliphatic carbocycles. The molecule has 1 saturated heterocycles. The van der Waals surface area contributed by atoms with Crippen LogP contribution in [0.15, 0.2) is 30.3 Å². The van der Waals surface area contributed by atoms with E-state index in [0.29, 0.717) is 6.54 Å². The molecule has 5 rings (SSSR count). The Morgan fingerprint density at radius 1 is 1.15 bits per heavy atom. The second-order valence-corrected chi connectivity index (χ2v) is 8.78. The number of nitrogens with one attached hydrogen (secondary N) is 1. The second-order valence-electron chi connectivity index (χ2n) is 7.64. The molecule has 3 heterocycles. The molecule has 0 spiro atoms. The maximum absolute atomic E-state index is 12.5. The quantitative estimate of drug-likeness (QED) is 0.862.